The molecule has 0 spiro atoms. The number of nitrogens with one attached hydrogen (secondary N) is 1. The van der Waals surface area contributed by atoms with E-state index in [4.69, 9.17) is 0 Å². The van der Waals surface area contributed by atoms with E-state index in [2.05, 4.69) is 22.1 Å². The average molecular weight is 277 g/mol. The summed E-state index contributed by atoms with van der Waals surface area (Å²) in [5, 5.41) is 2.52. The van der Waals surface area contributed by atoms with Crippen molar-refractivity contribution in [2.45, 2.75) is 26.4 Å². The SMILES string of the molecule is CC#CC(=O)NC(C)c1nc2ccccc2n1C(F)F. The molecule has 104 valence electrons. The molecule has 0 bridgehead atoms. The van der Waals surface area contributed by atoms with Crippen LogP contribution in [0, 0.1) is 11.8 Å². The van der Waals surface area contributed by atoms with Crippen LogP contribution in [0.2, 0.25) is 0 Å². The molecular formula is C14H13F2N3O. The number of alkyl halides is 2. The number of benzene rings is 1. The molecule has 0 saturated carbocycles. The molecule has 6 heteroatoms. The molecule has 0 aliphatic rings. The Morgan fingerprint density at radius 1 is 1.40 bits per heavy atom. The zero-order valence-electron chi connectivity index (χ0n) is 11.0. The Hall–Kier alpha value is -2.42. The third-order valence-electron chi connectivity index (χ3n) is 2.79. The van der Waals surface area contributed by atoms with E-state index in [1.54, 1.807) is 31.2 Å². The second-order valence-electron chi connectivity index (χ2n) is 4.18. The standard InChI is InChI=1S/C14H13F2N3O/c1-3-6-12(20)17-9(2)13-18-10-7-4-5-8-11(10)19(13)14(15)16/h4-5,7-9,14H,1-2H3,(H,17,20). The van der Waals surface area contributed by atoms with Gasteiger partial charge in [-0.3, -0.25) is 9.36 Å². The Bertz CT molecular complexity index is 697. The number of rotatable bonds is 3. The van der Waals surface area contributed by atoms with Gasteiger partial charge in [-0.25, -0.2) is 4.98 Å². The Kier molecular flexibility index (Phi) is 3.99. The zero-order valence-corrected chi connectivity index (χ0v) is 11.0. The topological polar surface area (TPSA) is 46.9 Å². The number of imidazole rings is 1. The fourth-order valence-electron chi connectivity index (χ4n) is 1.98. The van der Waals surface area contributed by atoms with Crippen molar-refractivity contribution in [1.29, 1.82) is 0 Å². The summed E-state index contributed by atoms with van der Waals surface area (Å²) in [4.78, 5) is 15.6. The smallest absolute Gasteiger partial charge is 0.320 e. The van der Waals surface area contributed by atoms with Crippen molar-refractivity contribution in [3.8, 4) is 11.8 Å². The van der Waals surface area contributed by atoms with Crippen molar-refractivity contribution in [3.05, 3.63) is 30.1 Å². The van der Waals surface area contributed by atoms with E-state index in [1.165, 1.54) is 6.92 Å². The molecule has 1 amide bonds. The summed E-state index contributed by atoms with van der Waals surface area (Å²) in [5.41, 5.74) is 0.797. The molecule has 1 aromatic heterocycles. The van der Waals surface area contributed by atoms with Gasteiger partial charge < -0.3 is 5.32 Å². The minimum absolute atomic E-state index is 0.104. The van der Waals surface area contributed by atoms with Gasteiger partial charge >= 0.3 is 6.55 Å². The number of aromatic nitrogens is 2. The van der Waals surface area contributed by atoms with E-state index in [1.807, 2.05) is 0 Å². The van der Waals surface area contributed by atoms with Crippen LogP contribution in [0.25, 0.3) is 11.0 Å². The molecule has 0 fully saturated rings. The summed E-state index contributed by atoms with van der Waals surface area (Å²) in [6, 6.07) is 5.94. The maximum absolute atomic E-state index is 13.2. The van der Waals surface area contributed by atoms with Gasteiger partial charge in [0.1, 0.15) is 5.82 Å². The molecule has 0 aliphatic carbocycles. The van der Waals surface area contributed by atoms with E-state index >= 15 is 0 Å². The van der Waals surface area contributed by atoms with E-state index in [0.29, 0.717) is 11.0 Å². The fourth-order valence-corrected chi connectivity index (χ4v) is 1.98. The maximum Gasteiger partial charge on any atom is 0.320 e. The number of nitrogens with zero attached hydrogens (tertiary/aromatic N) is 2. The summed E-state index contributed by atoms with van der Waals surface area (Å²) >= 11 is 0. The second kappa shape index (κ2) is 5.70. The maximum atomic E-state index is 13.2. The third kappa shape index (κ3) is 2.62. The van der Waals surface area contributed by atoms with Crippen molar-refractivity contribution in [1.82, 2.24) is 14.9 Å². The van der Waals surface area contributed by atoms with Crippen molar-refractivity contribution >= 4 is 16.9 Å². The van der Waals surface area contributed by atoms with E-state index in [9.17, 15) is 13.6 Å². The first kappa shape index (κ1) is 14.0. The minimum atomic E-state index is -2.73. The largest absolute Gasteiger partial charge is 0.336 e. The third-order valence-corrected chi connectivity index (χ3v) is 2.79. The summed E-state index contributed by atoms with van der Waals surface area (Å²) in [6.07, 6.45) is 0. The molecule has 0 aliphatic heterocycles. The molecule has 1 aromatic carbocycles. The Morgan fingerprint density at radius 2 is 2.10 bits per heavy atom. The first-order valence-corrected chi connectivity index (χ1v) is 6.03. The van der Waals surface area contributed by atoms with Crippen molar-refractivity contribution < 1.29 is 13.6 Å². The van der Waals surface area contributed by atoms with Crippen LogP contribution in [-0.4, -0.2) is 15.5 Å². The van der Waals surface area contributed by atoms with Crippen molar-refractivity contribution in [2.75, 3.05) is 0 Å². The minimum Gasteiger partial charge on any atom is -0.336 e. The first-order chi connectivity index (χ1) is 9.54. The molecule has 2 rings (SSSR count). The molecule has 1 N–H and O–H groups in total. The van der Waals surface area contributed by atoms with Crippen LogP contribution in [0.15, 0.2) is 24.3 Å². The highest BCUT2D eigenvalue weighted by Gasteiger charge is 2.22. The van der Waals surface area contributed by atoms with Gasteiger partial charge in [-0.05, 0) is 31.9 Å². The van der Waals surface area contributed by atoms with Gasteiger partial charge in [0.15, 0.2) is 0 Å². The summed E-state index contributed by atoms with van der Waals surface area (Å²) in [6.45, 7) is 0.391. The van der Waals surface area contributed by atoms with Gasteiger partial charge in [0.2, 0.25) is 0 Å². The lowest BCUT2D eigenvalue weighted by Crippen LogP contribution is -2.27. The van der Waals surface area contributed by atoms with Crippen molar-refractivity contribution in [3.63, 3.8) is 0 Å². The lowest BCUT2D eigenvalue weighted by Gasteiger charge is -2.14. The van der Waals surface area contributed by atoms with Crippen LogP contribution in [0.4, 0.5) is 8.78 Å². The summed E-state index contributed by atoms with van der Waals surface area (Å²) < 4.78 is 27.3. The van der Waals surface area contributed by atoms with Gasteiger partial charge in [-0.15, -0.1) is 0 Å². The molecule has 0 radical (unpaired) electrons. The van der Waals surface area contributed by atoms with Gasteiger partial charge in [0, 0.05) is 0 Å². The van der Waals surface area contributed by atoms with Crippen LogP contribution in [0.5, 0.6) is 0 Å². The molecule has 2 aromatic rings. The van der Waals surface area contributed by atoms with Crippen molar-refractivity contribution in [2.24, 2.45) is 0 Å². The predicted octanol–water partition coefficient (Wildman–Crippen LogP) is 2.63. The number of para-hydroxylation sites is 2. The number of carbonyl (C=O) groups excluding carboxylic acids is 1. The quantitative estimate of drug-likeness (QED) is 0.877. The lowest BCUT2D eigenvalue weighted by molar-refractivity contribution is -0.116. The molecule has 1 heterocycles. The summed E-state index contributed by atoms with van der Waals surface area (Å²) in [5.74, 6) is 4.34. The van der Waals surface area contributed by atoms with Crippen LogP contribution in [0.1, 0.15) is 32.3 Å². The number of amides is 1. The highest BCUT2D eigenvalue weighted by molar-refractivity contribution is 5.93. The normalized spacial score (nSPS) is 12.1. The molecule has 1 atom stereocenters. The van der Waals surface area contributed by atoms with Gasteiger partial charge in [0.25, 0.3) is 5.91 Å². The van der Waals surface area contributed by atoms with E-state index in [0.717, 1.165) is 4.57 Å². The van der Waals surface area contributed by atoms with Crippen LogP contribution in [-0.2, 0) is 4.79 Å². The van der Waals surface area contributed by atoms with Gasteiger partial charge in [-0.2, -0.15) is 8.78 Å². The van der Waals surface area contributed by atoms with Gasteiger partial charge in [0.05, 0.1) is 17.1 Å². The molecule has 4 nitrogen and oxygen atoms in total. The van der Waals surface area contributed by atoms with E-state index < -0.39 is 18.5 Å². The molecular weight excluding hydrogens is 264 g/mol. The molecule has 1 unspecified atom stereocenters. The monoisotopic (exact) mass is 277 g/mol. The molecule has 0 saturated heterocycles. The Morgan fingerprint density at radius 3 is 2.75 bits per heavy atom. The van der Waals surface area contributed by atoms with Crippen LogP contribution < -0.4 is 5.32 Å². The average Bonchev–Trinajstić information content (AvgIpc) is 2.78. The summed E-state index contributed by atoms with van der Waals surface area (Å²) in [7, 11) is 0. The predicted molar refractivity (Wildman–Crippen MR) is 71.0 cm³/mol. The Balaban J connectivity index is 2.44. The highest BCUT2D eigenvalue weighted by atomic mass is 19.3. The number of hydrogen-bond donors (Lipinski definition) is 1. The zero-order chi connectivity index (χ0) is 14.7. The van der Waals surface area contributed by atoms with Gasteiger partial charge in [-0.1, -0.05) is 18.1 Å². The number of fused-ring (bicyclic) bond motifs is 1. The number of halogens is 2. The van der Waals surface area contributed by atoms with Crippen LogP contribution in [0.3, 0.4) is 0 Å². The lowest BCUT2D eigenvalue weighted by atomic mass is 10.3. The Labute approximate surface area is 114 Å². The second-order valence-corrected chi connectivity index (χ2v) is 4.18. The number of hydrogen-bond acceptors (Lipinski definition) is 2. The van der Waals surface area contributed by atoms with E-state index in [-0.39, 0.29) is 5.82 Å². The highest BCUT2D eigenvalue weighted by Crippen LogP contribution is 2.26. The van der Waals surface area contributed by atoms with Crippen LogP contribution >= 0.6 is 0 Å². The number of carbonyl (C=O) groups is 1. The fraction of sp³-hybridized carbons (Fsp3) is 0.286. The first-order valence-electron chi connectivity index (χ1n) is 6.03. The molecule has 20 heavy (non-hydrogen) atoms.